The molecule has 0 bridgehead atoms. The predicted octanol–water partition coefficient (Wildman–Crippen LogP) is 2.39. The second-order valence-corrected chi connectivity index (χ2v) is 5.57. The van der Waals surface area contributed by atoms with Crippen LogP contribution in [0.3, 0.4) is 0 Å². The number of rotatable bonds is 4. The van der Waals surface area contributed by atoms with Gasteiger partial charge in [-0.1, -0.05) is 23.2 Å². The Bertz CT molecular complexity index is 805. The monoisotopic (exact) mass is 353 g/mol. The number of nitrogens with one attached hydrogen (secondary N) is 2. The average Bonchev–Trinajstić information content (AvgIpc) is 2.50. The van der Waals surface area contributed by atoms with Crippen molar-refractivity contribution in [3.05, 3.63) is 62.5 Å². The zero-order valence-corrected chi connectivity index (χ0v) is 13.6. The van der Waals surface area contributed by atoms with E-state index in [2.05, 4.69) is 10.3 Å². The van der Waals surface area contributed by atoms with Crippen molar-refractivity contribution in [2.24, 2.45) is 0 Å². The first-order valence-electron chi connectivity index (χ1n) is 6.56. The molecular formula is C15H13Cl2N3O3. The number of amides is 2. The number of nitrogens with zero attached hydrogens (tertiary/aromatic N) is 1. The lowest BCUT2D eigenvalue weighted by Gasteiger charge is -2.16. The molecule has 8 heteroatoms. The minimum absolute atomic E-state index is 0.0302. The molecule has 0 atom stereocenters. The molecule has 23 heavy (non-hydrogen) atoms. The summed E-state index contributed by atoms with van der Waals surface area (Å²) < 4.78 is 0. The number of hydrogen-bond donors (Lipinski definition) is 2. The lowest BCUT2D eigenvalue weighted by molar-refractivity contribution is -0.116. The van der Waals surface area contributed by atoms with Crippen LogP contribution in [0, 0.1) is 0 Å². The van der Waals surface area contributed by atoms with E-state index in [0.29, 0.717) is 15.7 Å². The van der Waals surface area contributed by atoms with Crippen LogP contribution in [0.1, 0.15) is 10.4 Å². The van der Waals surface area contributed by atoms with Crippen molar-refractivity contribution >= 4 is 40.7 Å². The SMILES string of the molecule is CN(CC(=O)Nc1ccc(Cl)c(Cl)c1)C(=O)c1ccc[nH]c1=O. The molecule has 2 N–H and O–H groups in total. The van der Waals surface area contributed by atoms with Gasteiger partial charge < -0.3 is 15.2 Å². The first kappa shape index (κ1) is 17.1. The summed E-state index contributed by atoms with van der Waals surface area (Å²) in [6.07, 6.45) is 1.43. The molecule has 2 amide bonds. The molecule has 0 saturated carbocycles. The van der Waals surface area contributed by atoms with Gasteiger partial charge in [0.15, 0.2) is 0 Å². The molecule has 0 fully saturated rings. The zero-order chi connectivity index (χ0) is 17.0. The largest absolute Gasteiger partial charge is 0.332 e. The molecule has 1 heterocycles. The molecule has 0 aliphatic rings. The quantitative estimate of drug-likeness (QED) is 0.885. The van der Waals surface area contributed by atoms with E-state index in [1.807, 2.05) is 0 Å². The van der Waals surface area contributed by atoms with Gasteiger partial charge in [-0.2, -0.15) is 0 Å². The lowest BCUT2D eigenvalue weighted by atomic mass is 10.2. The topological polar surface area (TPSA) is 82.3 Å². The normalized spacial score (nSPS) is 10.2. The Labute approximate surface area is 142 Å². The van der Waals surface area contributed by atoms with Gasteiger partial charge in [-0.25, -0.2) is 0 Å². The summed E-state index contributed by atoms with van der Waals surface area (Å²) in [4.78, 5) is 39.3. The molecule has 0 aliphatic carbocycles. The molecule has 0 saturated heterocycles. The van der Waals surface area contributed by atoms with Crippen LogP contribution in [0.25, 0.3) is 0 Å². The minimum Gasteiger partial charge on any atom is -0.332 e. The molecule has 120 valence electrons. The molecule has 1 aromatic carbocycles. The number of carbonyl (C=O) groups is 2. The Hall–Kier alpha value is -2.31. The van der Waals surface area contributed by atoms with E-state index in [-0.39, 0.29) is 12.1 Å². The fourth-order valence-corrected chi connectivity index (χ4v) is 2.16. The third-order valence-electron chi connectivity index (χ3n) is 2.98. The Morgan fingerprint density at radius 2 is 1.96 bits per heavy atom. The summed E-state index contributed by atoms with van der Waals surface area (Å²) in [6.45, 7) is -0.215. The van der Waals surface area contributed by atoms with Crippen molar-refractivity contribution in [3.8, 4) is 0 Å². The number of hydrogen-bond acceptors (Lipinski definition) is 3. The van der Waals surface area contributed by atoms with Gasteiger partial charge in [-0.3, -0.25) is 14.4 Å². The molecule has 0 aliphatic heterocycles. The number of halogens is 2. The van der Waals surface area contributed by atoms with Crippen molar-refractivity contribution in [3.63, 3.8) is 0 Å². The number of pyridine rings is 1. The number of aromatic amines is 1. The van der Waals surface area contributed by atoms with E-state index in [9.17, 15) is 14.4 Å². The standard InChI is InChI=1S/C15H13Cl2N3O3/c1-20(15(23)10-3-2-6-18-14(10)22)8-13(21)19-9-4-5-11(16)12(17)7-9/h2-7H,8H2,1H3,(H,18,22)(H,19,21). The second-order valence-electron chi connectivity index (χ2n) is 4.75. The Morgan fingerprint density at radius 3 is 2.61 bits per heavy atom. The van der Waals surface area contributed by atoms with Gasteiger partial charge in [-0.05, 0) is 30.3 Å². The van der Waals surface area contributed by atoms with Crippen molar-refractivity contribution in [2.45, 2.75) is 0 Å². The smallest absolute Gasteiger partial charge is 0.260 e. The Morgan fingerprint density at radius 1 is 1.22 bits per heavy atom. The molecule has 2 rings (SSSR count). The highest BCUT2D eigenvalue weighted by atomic mass is 35.5. The van der Waals surface area contributed by atoms with Crippen LogP contribution in [-0.2, 0) is 4.79 Å². The van der Waals surface area contributed by atoms with Gasteiger partial charge in [0.2, 0.25) is 5.91 Å². The summed E-state index contributed by atoms with van der Waals surface area (Å²) >= 11 is 11.7. The van der Waals surface area contributed by atoms with Crippen LogP contribution >= 0.6 is 23.2 Å². The summed E-state index contributed by atoms with van der Waals surface area (Å²) in [5.41, 5.74) is -0.0746. The van der Waals surface area contributed by atoms with E-state index in [1.54, 1.807) is 12.1 Å². The Balaban J connectivity index is 2.02. The molecule has 0 spiro atoms. The highest BCUT2D eigenvalue weighted by Gasteiger charge is 2.17. The van der Waals surface area contributed by atoms with E-state index in [4.69, 9.17) is 23.2 Å². The van der Waals surface area contributed by atoms with Crippen LogP contribution in [0.5, 0.6) is 0 Å². The van der Waals surface area contributed by atoms with Crippen LogP contribution < -0.4 is 10.9 Å². The van der Waals surface area contributed by atoms with Crippen LogP contribution in [0.15, 0.2) is 41.3 Å². The van der Waals surface area contributed by atoms with Crippen molar-refractivity contribution in [2.75, 3.05) is 18.9 Å². The zero-order valence-electron chi connectivity index (χ0n) is 12.1. The second kappa shape index (κ2) is 7.30. The molecule has 0 unspecified atom stereocenters. The maximum Gasteiger partial charge on any atom is 0.260 e. The molecule has 2 aromatic rings. The summed E-state index contributed by atoms with van der Waals surface area (Å²) in [6, 6.07) is 7.59. The summed E-state index contributed by atoms with van der Waals surface area (Å²) in [7, 11) is 1.43. The maximum atomic E-state index is 12.1. The first-order valence-corrected chi connectivity index (χ1v) is 7.32. The number of likely N-dealkylation sites (N-methyl/N-ethyl adjacent to an activating group) is 1. The van der Waals surface area contributed by atoms with Gasteiger partial charge in [0.1, 0.15) is 5.56 Å². The Kier molecular flexibility index (Phi) is 5.41. The highest BCUT2D eigenvalue weighted by Crippen LogP contribution is 2.24. The van der Waals surface area contributed by atoms with Gasteiger partial charge in [0.05, 0.1) is 16.6 Å². The number of anilines is 1. The van der Waals surface area contributed by atoms with Gasteiger partial charge in [-0.15, -0.1) is 0 Å². The number of benzene rings is 1. The molecule has 0 radical (unpaired) electrons. The summed E-state index contributed by atoms with van der Waals surface area (Å²) in [5.74, 6) is -0.970. The van der Waals surface area contributed by atoms with Crippen LogP contribution in [-0.4, -0.2) is 35.3 Å². The van der Waals surface area contributed by atoms with Crippen molar-refractivity contribution in [1.29, 1.82) is 0 Å². The fraction of sp³-hybridized carbons (Fsp3) is 0.133. The number of carbonyl (C=O) groups excluding carboxylic acids is 2. The van der Waals surface area contributed by atoms with Crippen LogP contribution in [0.2, 0.25) is 10.0 Å². The number of aromatic nitrogens is 1. The van der Waals surface area contributed by atoms with E-state index >= 15 is 0 Å². The van der Waals surface area contributed by atoms with Crippen molar-refractivity contribution in [1.82, 2.24) is 9.88 Å². The predicted molar refractivity (Wildman–Crippen MR) is 89.1 cm³/mol. The van der Waals surface area contributed by atoms with E-state index in [0.717, 1.165) is 4.90 Å². The number of H-pyrrole nitrogens is 1. The first-order chi connectivity index (χ1) is 10.9. The van der Waals surface area contributed by atoms with E-state index < -0.39 is 17.4 Å². The maximum absolute atomic E-state index is 12.1. The molecule has 1 aromatic heterocycles. The van der Waals surface area contributed by atoms with Gasteiger partial charge in [0.25, 0.3) is 11.5 Å². The minimum atomic E-state index is -0.545. The summed E-state index contributed by atoms with van der Waals surface area (Å²) in [5, 5.41) is 3.29. The lowest BCUT2D eigenvalue weighted by Crippen LogP contribution is -2.37. The highest BCUT2D eigenvalue weighted by molar-refractivity contribution is 6.42. The van der Waals surface area contributed by atoms with Gasteiger partial charge in [0, 0.05) is 18.9 Å². The van der Waals surface area contributed by atoms with Crippen LogP contribution in [0.4, 0.5) is 5.69 Å². The van der Waals surface area contributed by atoms with Crippen molar-refractivity contribution < 1.29 is 9.59 Å². The molecule has 6 nitrogen and oxygen atoms in total. The van der Waals surface area contributed by atoms with E-state index in [1.165, 1.54) is 31.4 Å². The fourth-order valence-electron chi connectivity index (χ4n) is 1.86. The van der Waals surface area contributed by atoms with Gasteiger partial charge >= 0.3 is 0 Å². The average molecular weight is 354 g/mol. The third kappa shape index (κ3) is 4.34. The molecular weight excluding hydrogens is 341 g/mol. The third-order valence-corrected chi connectivity index (χ3v) is 3.72.